The van der Waals surface area contributed by atoms with Crippen molar-refractivity contribution in [2.45, 2.75) is 29.6 Å². The third-order valence-electron chi connectivity index (χ3n) is 6.93. The van der Waals surface area contributed by atoms with E-state index in [9.17, 15) is 26.7 Å². The molecule has 0 amide bonds. The van der Waals surface area contributed by atoms with E-state index in [1.165, 1.54) is 22.5 Å². The maximum Gasteiger partial charge on any atom is 0.417 e. The monoisotopic (exact) mass is 584 g/mol. The summed E-state index contributed by atoms with van der Waals surface area (Å²) >= 11 is 0. The lowest BCUT2D eigenvalue weighted by molar-refractivity contribution is -0.137. The number of benzene rings is 1. The van der Waals surface area contributed by atoms with E-state index in [0.29, 0.717) is 23.4 Å². The predicted octanol–water partition coefficient (Wildman–Crippen LogP) is 3.66. The summed E-state index contributed by atoms with van der Waals surface area (Å²) in [6.07, 6.45) is 0.321. The third-order valence-corrected chi connectivity index (χ3v) is 8.81. The normalized spacial score (nSPS) is 18.5. The third kappa shape index (κ3) is 5.26. The minimum absolute atomic E-state index is 0.0675. The maximum absolute atomic E-state index is 13.3. The number of halogens is 3. The molecule has 0 bridgehead atoms. The summed E-state index contributed by atoms with van der Waals surface area (Å²) in [6, 6.07) is 9.76. The van der Waals surface area contributed by atoms with Gasteiger partial charge in [-0.3, -0.25) is 5.10 Å². The molecule has 0 aliphatic carbocycles. The second kappa shape index (κ2) is 10.2. The largest absolute Gasteiger partial charge is 0.417 e. The van der Waals surface area contributed by atoms with Gasteiger partial charge in [0.05, 0.1) is 28.0 Å². The molecule has 1 aliphatic rings. The molecule has 0 radical (unpaired) electrons. The number of nitrogens with one attached hydrogen (secondary N) is 3. The van der Waals surface area contributed by atoms with Crippen molar-refractivity contribution in [1.29, 1.82) is 0 Å². The van der Waals surface area contributed by atoms with Crippen LogP contribution in [0.1, 0.15) is 12.0 Å². The highest BCUT2D eigenvalue weighted by Gasteiger charge is 2.35. The fraction of sp³-hybridized carbons (Fsp3) is 0.231. The van der Waals surface area contributed by atoms with Crippen LogP contribution in [0.4, 0.5) is 19.0 Å². The number of alkyl halides is 3. The van der Waals surface area contributed by atoms with Crippen molar-refractivity contribution < 1.29 is 26.7 Å². The molecule has 1 aromatic carbocycles. The summed E-state index contributed by atoms with van der Waals surface area (Å²) in [5.41, 5.74) is 1.83. The lowest BCUT2D eigenvalue weighted by Gasteiger charge is -2.35. The van der Waals surface area contributed by atoms with Gasteiger partial charge in [0, 0.05) is 43.4 Å². The van der Waals surface area contributed by atoms with Crippen LogP contribution >= 0.6 is 0 Å². The summed E-state index contributed by atoms with van der Waals surface area (Å²) in [6.45, 7) is -0.0743. The summed E-state index contributed by atoms with van der Waals surface area (Å²) in [4.78, 5) is 15.5. The molecule has 0 unspecified atom stereocenters. The molecule has 1 fully saturated rings. The number of hydrogen-bond donors (Lipinski definition) is 4. The highest BCUT2D eigenvalue weighted by atomic mass is 32.2. The molecule has 5 aromatic rings. The molecule has 212 valence electrons. The Hall–Kier alpha value is -4.34. The number of aliphatic hydroxyl groups excluding tert-OH is 1. The first-order chi connectivity index (χ1) is 19.6. The van der Waals surface area contributed by atoms with Crippen molar-refractivity contribution >= 4 is 26.9 Å². The van der Waals surface area contributed by atoms with Crippen LogP contribution < -0.4 is 5.32 Å². The van der Waals surface area contributed by atoms with Gasteiger partial charge in [0.2, 0.25) is 10.0 Å². The lowest BCUT2D eigenvalue weighted by Crippen LogP contribution is -2.51. The van der Waals surface area contributed by atoms with Crippen LogP contribution in [0.15, 0.2) is 72.1 Å². The van der Waals surface area contributed by atoms with Crippen LogP contribution in [-0.2, 0) is 16.2 Å². The molecule has 41 heavy (non-hydrogen) atoms. The Labute approximate surface area is 231 Å². The Morgan fingerprint density at radius 2 is 1.83 bits per heavy atom. The fourth-order valence-electron chi connectivity index (χ4n) is 4.73. The molecule has 2 atom stereocenters. The number of anilines is 1. The zero-order chi connectivity index (χ0) is 28.8. The van der Waals surface area contributed by atoms with Crippen molar-refractivity contribution in [3.05, 3.63) is 72.8 Å². The molecule has 1 saturated heterocycles. The number of aromatic amines is 2. The van der Waals surface area contributed by atoms with Gasteiger partial charge in [-0.1, -0.05) is 12.1 Å². The predicted molar refractivity (Wildman–Crippen MR) is 143 cm³/mol. The van der Waals surface area contributed by atoms with Gasteiger partial charge >= 0.3 is 6.18 Å². The number of aromatic nitrogens is 6. The van der Waals surface area contributed by atoms with E-state index in [1.807, 2.05) is 6.07 Å². The first-order valence-corrected chi connectivity index (χ1v) is 14.0. The number of H-pyrrole nitrogens is 2. The lowest BCUT2D eigenvalue weighted by atomic mass is 10.0. The van der Waals surface area contributed by atoms with E-state index >= 15 is 0 Å². The number of pyridine rings is 2. The van der Waals surface area contributed by atoms with Gasteiger partial charge in [-0.25, -0.2) is 23.4 Å². The molecule has 11 nitrogen and oxygen atoms in total. The maximum atomic E-state index is 13.3. The molecular weight excluding hydrogens is 561 g/mol. The Balaban J connectivity index is 1.15. The Morgan fingerprint density at radius 1 is 1.02 bits per heavy atom. The molecule has 1 aliphatic heterocycles. The van der Waals surface area contributed by atoms with Crippen molar-refractivity contribution in [1.82, 2.24) is 34.4 Å². The average molecular weight is 585 g/mol. The number of fused-ring (bicyclic) bond motifs is 1. The van der Waals surface area contributed by atoms with Crippen LogP contribution in [0.25, 0.3) is 33.7 Å². The van der Waals surface area contributed by atoms with Crippen molar-refractivity contribution in [3.8, 4) is 22.6 Å². The van der Waals surface area contributed by atoms with E-state index in [2.05, 4.69) is 35.5 Å². The number of β-amino-alcohol motifs (C(OH)–C–C–N with tert-alkyl or cyclic N) is 1. The summed E-state index contributed by atoms with van der Waals surface area (Å²) in [5, 5.41) is 21.5. The van der Waals surface area contributed by atoms with Crippen molar-refractivity contribution in [3.63, 3.8) is 0 Å². The van der Waals surface area contributed by atoms with Gasteiger partial charge in [0.25, 0.3) is 0 Å². The molecular formula is C26H23F3N8O3S. The number of rotatable bonds is 6. The van der Waals surface area contributed by atoms with E-state index in [-0.39, 0.29) is 30.2 Å². The van der Waals surface area contributed by atoms with E-state index in [4.69, 9.17) is 0 Å². The highest BCUT2D eigenvalue weighted by Crippen LogP contribution is 2.31. The first kappa shape index (κ1) is 26.9. The van der Waals surface area contributed by atoms with Crippen LogP contribution in [0.5, 0.6) is 0 Å². The van der Waals surface area contributed by atoms with E-state index < -0.39 is 33.9 Å². The Bertz CT molecular complexity index is 1770. The molecule has 4 N–H and O–H groups in total. The quantitative estimate of drug-likeness (QED) is 0.236. The topological polar surface area (TPSA) is 153 Å². The summed E-state index contributed by atoms with van der Waals surface area (Å²) in [7, 11) is -3.91. The Morgan fingerprint density at radius 3 is 2.49 bits per heavy atom. The molecule has 5 heterocycles. The number of aliphatic hydroxyl groups is 1. The zero-order valence-electron chi connectivity index (χ0n) is 21.2. The van der Waals surface area contributed by atoms with Crippen molar-refractivity contribution in [2.75, 3.05) is 18.4 Å². The second-order valence-electron chi connectivity index (χ2n) is 9.55. The molecule has 0 saturated carbocycles. The van der Waals surface area contributed by atoms with Gasteiger partial charge in [0.15, 0.2) is 11.5 Å². The highest BCUT2D eigenvalue weighted by molar-refractivity contribution is 7.89. The van der Waals surface area contributed by atoms with Gasteiger partial charge in [0.1, 0.15) is 11.5 Å². The van der Waals surface area contributed by atoms with Gasteiger partial charge in [-0.15, -0.1) is 0 Å². The number of nitrogens with zero attached hydrogens (tertiary/aromatic N) is 5. The van der Waals surface area contributed by atoms with Crippen LogP contribution in [-0.4, -0.2) is 73.2 Å². The van der Waals surface area contributed by atoms with Crippen LogP contribution in [0.3, 0.4) is 0 Å². The smallest absolute Gasteiger partial charge is 0.390 e. The number of piperidine rings is 1. The number of sulfonamides is 1. The van der Waals surface area contributed by atoms with Gasteiger partial charge in [-0.2, -0.15) is 22.6 Å². The van der Waals surface area contributed by atoms with E-state index in [0.717, 1.165) is 22.6 Å². The number of imidazole rings is 1. The first-order valence-electron chi connectivity index (χ1n) is 12.5. The summed E-state index contributed by atoms with van der Waals surface area (Å²) in [5.74, 6) is 0.752. The van der Waals surface area contributed by atoms with Crippen LogP contribution in [0.2, 0.25) is 0 Å². The van der Waals surface area contributed by atoms with E-state index in [1.54, 1.807) is 30.7 Å². The van der Waals surface area contributed by atoms with Gasteiger partial charge < -0.3 is 15.4 Å². The second-order valence-corrected chi connectivity index (χ2v) is 11.5. The average Bonchev–Trinajstić information content (AvgIpc) is 3.64. The zero-order valence-corrected chi connectivity index (χ0v) is 22.0. The molecule has 15 heteroatoms. The minimum Gasteiger partial charge on any atom is -0.390 e. The Kier molecular flexibility index (Phi) is 6.71. The molecule has 6 rings (SSSR count). The molecule has 4 aromatic heterocycles. The number of hydrogen-bond acceptors (Lipinski definition) is 8. The standard InChI is InChI=1S/C26H23F3N8O3S/c27-26(28,29)17-3-6-22(32-13-17)34-20-7-10-37(14-21(20)38)41(39,40)18-4-1-15(2-5-18)16-11-19-23(25-30-8-9-31-25)35-36-24(19)33-12-16/h1-6,8-9,11-13,20-21,38H,7,10,14H2,(H,30,31)(H,32,34)(H,33,35,36)/t20-,21+/m1/s1. The SMILES string of the molecule is O=S(=O)(c1ccc(-c2cnc3[nH]nc(-c4ncc[nH]4)c3c2)cc1)N1CC[C@@H](Nc2ccc(C(F)(F)F)cn2)[C@@H](O)C1. The van der Waals surface area contributed by atoms with Crippen molar-refractivity contribution in [2.24, 2.45) is 0 Å². The molecule has 0 spiro atoms. The fourth-order valence-corrected chi connectivity index (χ4v) is 6.20. The summed E-state index contributed by atoms with van der Waals surface area (Å²) < 4.78 is 66.2. The van der Waals surface area contributed by atoms with Crippen LogP contribution in [0, 0.1) is 0 Å². The minimum atomic E-state index is -4.50. The van der Waals surface area contributed by atoms with Gasteiger partial charge in [-0.05, 0) is 42.3 Å².